The van der Waals surface area contributed by atoms with Gasteiger partial charge in [-0.25, -0.2) is 13.8 Å². The van der Waals surface area contributed by atoms with Crippen molar-refractivity contribution in [2.75, 3.05) is 0 Å². The minimum absolute atomic E-state index is 0. The second-order valence-electron chi connectivity index (χ2n) is 15.2. The molecule has 0 aliphatic carbocycles. The van der Waals surface area contributed by atoms with Crippen molar-refractivity contribution in [2.24, 2.45) is 0 Å². The molecule has 57 heavy (non-hydrogen) atoms. The number of rotatable bonds is 7. The standard InChI is InChI=1S/C49H38F2N4O.Pt/c1-31(2)32-24-37(53-30-54(46-17-11-10-16-45(46)53)43-14-8-6-12-40(43)33-22-35(50)27-36(51)23-33)28-39(25-32)56-38-18-19-42-41-13-7-9-15-44(41)55(47(42)29-38)48-26-34(20-21-52-48)49(3,4)5;/h6-27,31H,1-5H3;/q;+2/i31D;. The van der Waals surface area contributed by atoms with Gasteiger partial charge in [0, 0.05) is 48.8 Å². The van der Waals surface area contributed by atoms with E-state index in [4.69, 9.17) is 11.1 Å². The first kappa shape index (κ1) is 36.6. The maximum Gasteiger partial charge on any atom is 2.00 e. The molecule has 0 bridgehead atoms. The molecule has 2 aromatic heterocycles. The summed E-state index contributed by atoms with van der Waals surface area (Å²) in [6, 6.07) is 49.4. The molecule has 282 valence electrons. The van der Waals surface area contributed by atoms with Crippen molar-refractivity contribution in [3.05, 3.63) is 168 Å². The Morgan fingerprint density at radius 2 is 1.42 bits per heavy atom. The second kappa shape index (κ2) is 14.8. The van der Waals surface area contributed by atoms with E-state index in [1.54, 1.807) is 0 Å². The molecule has 0 N–H and O–H groups in total. The number of aromatic nitrogens is 2. The van der Waals surface area contributed by atoms with Gasteiger partial charge in [-0.05, 0) is 68.8 Å². The molecule has 1 aliphatic heterocycles. The summed E-state index contributed by atoms with van der Waals surface area (Å²) in [5, 5.41) is 2.10. The summed E-state index contributed by atoms with van der Waals surface area (Å²) in [5.41, 5.74) is 7.60. The molecule has 8 aromatic rings. The number of halogens is 2. The van der Waals surface area contributed by atoms with Gasteiger partial charge in [-0.3, -0.25) is 0 Å². The Morgan fingerprint density at radius 1 is 0.737 bits per heavy atom. The van der Waals surface area contributed by atoms with E-state index >= 15 is 0 Å². The van der Waals surface area contributed by atoms with Gasteiger partial charge in [-0.2, -0.15) is 6.07 Å². The summed E-state index contributed by atoms with van der Waals surface area (Å²) in [4.78, 5) is 4.81. The van der Waals surface area contributed by atoms with Crippen molar-refractivity contribution >= 4 is 50.6 Å². The number of nitrogens with zero attached hydrogens (tertiary/aromatic N) is 4. The van der Waals surface area contributed by atoms with Gasteiger partial charge >= 0.3 is 27.1 Å². The minimum Gasteiger partial charge on any atom is -0.509 e. The number of ether oxygens (including phenoxy) is 1. The van der Waals surface area contributed by atoms with Crippen LogP contribution in [0.15, 0.2) is 134 Å². The van der Waals surface area contributed by atoms with Crippen molar-refractivity contribution in [3.63, 3.8) is 0 Å². The summed E-state index contributed by atoms with van der Waals surface area (Å²) >= 11 is 0. The van der Waals surface area contributed by atoms with Crippen LogP contribution in [0.25, 0.3) is 38.8 Å². The number of pyridine rings is 1. The van der Waals surface area contributed by atoms with Crippen LogP contribution in [0.1, 0.15) is 53.0 Å². The Labute approximate surface area is 346 Å². The number of hydrogen-bond donors (Lipinski definition) is 0. The molecule has 0 amide bonds. The maximum atomic E-state index is 14.4. The van der Waals surface area contributed by atoms with E-state index in [2.05, 4.69) is 67.7 Å². The molecular formula is C49H38F2N4OPt+2. The van der Waals surface area contributed by atoms with E-state index < -0.39 is 17.5 Å². The number of hydrogen-bond acceptors (Lipinski definition) is 2. The van der Waals surface area contributed by atoms with Crippen LogP contribution in [0.2, 0.25) is 0 Å². The summed E-state index contributed by atoms with van der Waals surface area (Å²) in [6.45, 7) is 10.2. The summed E-state index contributed by atoms with van der Waals surface area (Å²) in [5.74, 6) is -0.620. The molecule has 6 aromatic carbocycles. The van der Waals surface area contributed by atoms with Crippen molar-refractivity contribution in [2.45, 2.75) is 45.9 Å². The molecule has 0 radical (unpaired) electrons. The Bertz CT molecular complexity index is 2970. The second-order valence-corrected chi connectivity index (χ2v) is 15.2. The van der Waals surface area contributed by atoms with Gasteiger partial charge < -0.3 is 9.30 Å². The van der Waals surface area contributed by atoms with Crippen LogP contribution in [0.4, 0.5) is 31.5 Å². The third-order valence-electron chi connectivity index (χ3n) is 10.1. The quantitative estimate of drug-likeness (QED) is 0.118. The molecule has 0 saturated heterocycles. The molecule has 0 saturated carbocycles. The SMILES string of the molecule is [2H]C(C)(C)c1cc(Oc2[c-]c3c(cc2)c2ccccc2n3-c2cc(C(C)(C)C)ccn2)[c-]c([N+]2=C=[N+](c3ccccc3-c3cc(F)cc(F)c3)c3ccccc32)c1.[Pt+2]. The fourth-order valence-corrected chi connectivity index (χ4v) is 7.33. The van der Waals surface area contributed by atoms with E-state index in [9.17, 15) is 8.78 Å². The average Bonchev–Trinajstić information content (AvgIpc) is 3.73. The Hall–Kier alpha value is -6.00. The fraction of sp³-hybridized carbons (Fsp3) is 0.143. The van der Waals surface area contributed by atoms with Gasteiger partial charge in [0.2, 0.25) is 5.69 Å². The topological polar surface area (TPSA) is 33.1 Å². The summed E-state index contributed by atoms with van der Waals surface area (Å²) in [7, 11) is 0. The van der Waals surface area contributed by atoms with Crippen LogP contribution in [0, 0.1) is 23.8 Å². The number of benzene rings is 6. The van der Waals surface area contributed by atoms with E-state index in [0.29, 0.717) is 39.6 Å². The smallest absolute Gasteiger partial charge is 0.509 e. The van der Waals surface area contributed by atoms with Gasteiger partial charge in [0.1, 0.15) is 23.1 Å². The third kappa shape index (κ3) is 7.03. The molecule has 0 spiro atoms. The molecular weight excluding hydrogens is 894 g/mol. The number of fused-ring (bicyclic) bond motifs is 4. The molecule has 9 rings (SSSR count). The van der Waals surface area contributed by atoms with Crippen LogP contribution < -0.4 is 13.9 Å². The zero-order chi connectivity index (χ0) is 39.6. The van der Waals surface area contributed by atoms with Crippen molar-refractivity contribution in [1.82, 2.24) is 18.7 Å². The molecule has 0 unspecified atom stereocenters. The van der Waals surface area contributed by atoms with Crippen LogP contribution >= 0.6 is 0 Å². The molecule has 1 aliphatic rings. The van der Waals surface area contributed by atoms with E-state index in [0.717, 1.165) is 45.1 Å². The zero-order valence-corrected chi connectivity index (χ0v) is 34.2. The Balaban J connectivity index is 0.00000469. The van der Waals surface area contributed by atoms with E-state index in [1.165, 1.54) is 17.7 Å². The van der Waals surface area contributed by atoms with Crippen LogP contribution in [-0.4, -0.2) is 15.6 Å². The fourth-order valence-electron chi connectivity index (χ4n) is 7.33. The van der Waals surface area contributed by atoms with Crippen molar-refractivity contribution in [1.29, 1.82) is 0 Å². The molecule has 0 fully saturated rings. The van der Waals surface area contributed by atoms with Crippen molar-refractivity contribution in [3.8, 4) is 28.4 Å². The average molecular weight is 933 g/mol. The normalized spacial score (nSPS) is 12.9. The first-order chi connectivity index (χ1) is 27.3. The molecule has 5 nitrogen and oxygen atoms in total. The van der Waals surface area contributed by atoms with Crippen LogP contribution in [-0.2, 0) is 26.5 Å². The zero-order valence-electron chi connectivity index (χ0n) is 33.0. The molecule has 3 heterocycles. The minimum atomic E-state index is -0.987. The van der Waals surface area contributed by atoms with Gasteiger partial charge in [0.05, 0.1) is 5.56 Å². The predicted molar refractivity (Wildman–Crippen MR) is 222 cm³/mol. The number of para-hydroxylation sites is 4. The summed E-state index contributed by atoms with van der Waals surface area (Å²) in [6.07, 6.45) is 1.85. The van der Waals surface area contributed by atoms with E-state index in [1.807, 2.05) is 114 Å². The first-order valence-corrected chi connectivity index (χ1v) is 18.5. The predicted octanol–water partition coefficient (Wildman–Crippen LogP) is 12.8. The van der Waals surface area contributed by atoms with Crippen LogP contribution in [0.3, 0.4) is 0 Å². The monoisotopic (exact) mass is 932 g/mol. The van der Waals surface area contributed by atoms with E-state index in [-0.39, 0.29) is 26.5 Å². The molecule has 8 heteroatoms. The summed E-state index contributed by atoms with van der Waals surface area (Å²) < 4.78 is 50.4. The third-order valence-corrected chi connectivity index (χ3v) is 10.1. The largest absolute Gasteiger partial charge is 2.00 e. The first-order valence-electron chi connectivity index (χ1n) is 19.0. The van der Waals surface area contributed by atoms with Gasteiger partial charge in [-0.1, -0.05) is 99.3 Å². The Morgan fingerprint density at radius 3 is 2.16 bits per heavy atom. The molecule has 0 atom stereocenters. The van der Waals surface area contributed by atoms with Gasteiger partial charge in [0.15, 0.2) is 0 Å². The maximum absolute atomic E-state index is 14.4. The van der Waals surface area contributed by atoms with Gasteiger partial charge in [0.25, 0.3) is 11.4 Å². The van der Waals surface area contributed by atoms with Crippen LogP contribution in [0.5, 0.6) is 11.5 Å². The Kier molecular flexibility index (Phi) is 9.52. The van der Waals surface area contributed by atoms with Gasteiger partial charge in [-0.15, -0.1) is 29.1 Å². The van der Waals surface area contributed by atoms with Crippen molar-refractivity contribution < 1.29 is 36.0 Å².